The standard InChI is InChI=1S/C21H22N4O3/c1-13-10-14(2)25-20(23-13)16(12-22-25)21(26)24-7-3-4-17(24)15-5-6-18-19(11-15)28-9-8-27-18/h5-6,10-12,17H,3-4,7-9H2,1-2H3/t17-/m1/s1. The lowest BCUT2D eigenvalue weighted by molar-refractivity contribution is 0.0737. The van der Waals surface area contributed by atoms with E-state index in [1.807, 2.05) is 43.0 Å². The summed E-state index contributed by atoms with van der Waals surface area (Å²) in [6.45, 7) is 5.75. The molecule has 0 saturated carbocycles. The highest BCUT2D eigenvalue weighted by molar-refractivity contribution is 6.00. The summed E-state index contributed by atoms with van der Waals surface area (Å²) in [6, 6.07) is 7.96. The van der Waals surface area contributed by atoms with Crippen molar-refractivity contribution in [3.63, 3.8) is 0 Å². The van der Waals surface area contributed by atoms with E-state index in [4.69, 9.17) is 9.47 Å². The van der Waals surface area contributed by atoms with Crippen LogP contribution >= 0.6 is 0 Å². The van der Waals surface area contributed by atoms with Gasteiger partial charge in [-0.3, -0.25) is 4.79 Å². The van der Waals surface area contributed by atoms with E-state index in [0.717, 1.165) is 47.8 Å². The number of hydrogen-bond acceptors (Lipinski definition) is 5. The molecule has 0 unspecified atom stereocenters. The summed E-state index contributed by atoms with van der Waals surface area (Å²) in [5.74, 6) is 1.50. The maximum Gasteiger partial charge on any atom is 0.259 e. The largest absolute Gasteiger partial charge is 0.486 e. The fraction of sp³-hybridized carbons (Fsp3) is 0.381. The second kappa shape index (κ2) is 6.51. The fourth-order valence-corrected chi connectivity index (χ4v) is 4.20. The van der Waals surface area contributed by atoms with Gasteiger partial charge in [0.25, 0.3) is 5.91 Å². The highest BCUT2D eigenvalue weighted by Gasteiger charge is 2.33. The molecule has 4 heterocycles. The second-order valence-electron chi connectivity index (χ2n) is 7.39. The number of hydrogen-bond donors (Lipinski definition) is 0. The van der Waals surface area contributed by atoms with Crippen molar-refractivity contribution in [1.82, 2.24) is 19.5 Å². The van der Waals surface area contributed by atoms with Crippen LogP contribution in [0.1, 0.15) is 46.2 Å². The summed E-state index contributed by atoms with van der Waals surface area (Å²) >= 11 is 0. The van der Waals surface area contributed by atoms with E-state index in [2.05, 4.69) is 10.1 Å². The summed E-state index contributed by atoms with van der Waals surface area (Å²) < 4.78 is 13.1. The summed E-state index contributed by atoms with van der Waals surface area (Å²) in [7, 11) is 0. The van der Waals surface area contributed by atoms with Crippen LogP contribution in [0.5, 0.6) is 11.5 Å². The maximum atomic E-state index is 13.4. The third kappa shape index (κ3) is 2.69. The third-order valence-electron chi connectivity index (χ3n) is 5.47. The molecular weight excluding hydrogens is 356 g/mol. The molecule has 7 nitrogen and oxygen atoms in total. The van der Waals surface area contributed by atoms with Gasteiger partial charge < -0.3 is 14.4 Å². The molecule has 5 rings (SSSR count). The summed E-state index contributed by atoms with van der Waals surface area (Å²) in [5.41, 5.74) is 4.09. The van der Waals surface area contributed by atoms with Crippen molar-refractivity contribution < 1.29 is 14.3 Å². The Morgan fingerprint density at radius 2 is 1.96 bits per heavy atom. The van der Waals surface area contributed by atoms with Crippen LogP contribution in [0.3, 0.4) is 0 Å². The van der Waals surface area contributed by atoms with Gasteiger partial charge in [-0.05, 0) is 50.5 Å². The number of aryl methyl sites for hydroxylation is 2. The average Bonchev–Trinajstić information content (AvgIpc) is 3.34. The molecule has 0 spiro atoms. The first-order chi connectivity index (χ1) is 13.6. The first-order valence-electron chi connectivity index (χ1n) is 9.64. The molecule has 1 fully saturated rings. The molecule has 3 aromatic rings. The Morgan fingerprint density at radius 1 is 1.14 bits per heavy atom. The van der Waals surface area contributed by atoms with E-state index < -0.39 is 0 Å². The minimum Gasteiger partial charge on any atom is -0.486 e. The van der Waals surface area contributed by atoms with Crippen LogP contribution < -0.4 is 9.47 Å². The number of ether oxygens (including phenoxy) is 2. The number of fused-ring (bicyclic) bond motifs is 2. The normalized spacial score (nSPS) is 18.6. The quantitative estimate of drug-likeness (QED) is 0.685. The first-order valence-corrected chi connectivity index (χ1v) is 9.64. The van der Waals surface area contributed by atoms with Gasteiger partial charge in [-0.25, -0.2) is 9.50 Å². The molecule has 1 saturated heterocycles. The zero-order chi connectivity index (χ0) is 19.3. The average molecular weight is 378 g/mol. The molecule has 2 aromatic heterocycles. The molecule has 7 heteroatoms. The zero-order valence-electron chi connectivity index (χ0n) is 16.0. The van der Waals surface area contributed by atoms with Crippen molar-refractivity contribution in [3.8, 4) is 11.5 Å². The number of amides is 1. The molecule has 2 aliphatic rings. The van der Waals surface area contributed by atoms with Crippen LogP contribution in [0, 0.1) is 13.8 Å². The number of rotatable bonds is 2. The summed E-state index contributed by atoms with van der Waals surface area (Å²) in [6.07, 6.45) is 3.53. The maximum absolute atomic E-state index is 13.4. The Kier molecular flexibility index (Phi) is 3.96. The summed E-state index contributed by atoms with van der Waals surface area (Å²) in [5, 5.41) is 4.38. The Bertz CT molecular complexity index is 1070. The highest BCUT2D eigenvalue weighted by atomic mass is 16.6. The van der Waals surface area contributed by atoms with Gasteiger partial charge in [-0.15, -0.1) is 0 Å². The van der Waals surface area contributed by atoms with E-state index in [-0.39, 0.29) is 11.9 Å². The molecule has 144 valence electrons. The molecule has 28 heavy (non-hydrogen) atoms. The van der Waals surface area contributed by atoms with E-state index in [1.54, 1.807) is 10.7 Å². The highest BCUT2D eigenvalue weighted by Crippen LogP contribution is 2.38. The van der Waals surface area contributed by atoms with Crippen LogP contribution in [0.25, 0.3) is 5.65 Å². The topological polar surface area (TPSA) is 69.0 Å². The van der Waals surface area contributed by atoms with Crippen molar-refractivity contribution in [2.45, 2.75) is 32.7 Å². The van der Waals surface area contributed by atoms with E-state index >= 15 is 0 Å². The van der Waals surface area contributed by atoms with E-state index in [9.17, 15) is 4.79 Å². The minimum atomic E-state index is -0.0233. The smallest absolute Gasteiger partial charge is 0.259 e. The molecule has 1 aromatic carbocycles. The predicted octanol–water partition coefficient (Wildman–Crippen LogP) is 3.09. The van der Waals surface area contributed by atoms with Gasteiger partial charge in [-0.2, -0.15) is 5.10 Å². The van der Waals surface area contributed by atoms with Gasteiger partial charge >= 0.3 is 0 Å². The Hall–Kier alpha value is -3.09. The minimum absolute atomic E-state index is 0.0178. The molecule has 0 aliphatic carbocycles. The predicted molar refractivity (Wildman–Crippen MR) is 103 cm³/mol. The number of likely N-dealkylation sites (tertiary alicyclic amines) is 1. The fourth-order valence-electron chi connectivity index (χ4n) is 4.20. The molecule has 0 bridgehead atoms. The molecule has 1 atom stereocenters. The lowest BCUT2D eigenvalue weighted by Crippen LogP contribution is -2.30. The van der Waals surface area contributed by atoms with E-state index in [0.29, 0.717) is 24.4 Å². The van der Waals surface area contributed by atoms with Gasteiger partial charge in [0.1, 0.15) is 18.8 Å². The van der Waals surface area contributed by atoms with Crippen LogP contribution in [-0.2, 0) is 0 Å². The van der Waals surface area contributed by atoms with Crippen LogP contribution in [-0.4, -0.2) is 45.2 Å². The van der Waals surface area contributed by atoms with E-state index in [1.165, 1.54) is 0 Å². The summed E-state index contributed by atoms with van der Waals surface area (Å²) in [4.78, 5) is 19.9. The van der Waals surface area contributed by atoms with Crippen molar-refractivity contribution >= 4 is 11.6 Å². The number of aromatic nitrogens is 3. The van der Waals surface area contributed by atoms with Crippen molar-refractivity contribution in [1.29, 1.82) is 0 Å². The lowest BCUT2D eigenvalue weighted by Gasteiger charge is -2.26. The van der Waals surface area contributed by atoms with Crippen molar-refractivity contribution in [2.75, 3.05) is 19.8 Å². The van der Waals surface area contributed by atoms with Crippen molar-refractivity contribution in [2.24, 2.45) is 0 Å². The van der Waals surface area contributed by atoms with Crippen LogP contribution in [0.15, 0.2) is 30.5 Å². The Balaban J connectivity index is 1.50. The van der Waals surface area contributed by atoms with Gasteiger partial charge in [0, 0.05) is 17.9 Å². The Morgan fingerprint density at radius 3 is 2.82 bits per heavy atom. The SMILES string of the molecule is Cc1cc(C)n2ncc(C(=O)N3CCC[C@@H]3c3ccc4c(c3)OCCO4)c2n1. The molecule has 1 amide bonds. The lowest BCUT2D eigenvalue weighted by atomic mass is 10.0. The Labute approximate surface area is 162 Å². The van der Waals surface area contributed by atoms with Gasteiger partial charge in [0.15, 0.2) is 17.1 Å². The van der Waals surface area contributed by atoms with Gasteiger partial charge in [-0.1, -0.05) is 6.07 Å². The van der Waals surface area contributed by atoms with Crippen LogP contribution in [0.4, 0.5) is 0 Å². The molecule has 0 N–H and O–H groups in total. The number of benzene rings is 1. The van der Waals surface area contributed by atoms with Crippen molar-refractivity contribution in [3.05, 3.63) is 53.0 Å². The second-order valence-corrected chi connectivity index (χ2v) is 7.39. The molecule has 0 radical (unpaired) electrons. The number of carbonyl (C=O) groups is 1. The van der Waals surface area contributed by atoms with Crippen LogP contribution in [0.2, 0.25) is 0 Å². The molecule has 2 aliphatic heterocycles. The zero-order valence-corrected chi connectivity index (χ0v) is 16.0. The monoisotopic (exact) mass is 378 g/mol. The third-order valence-corrected chi connectivity index (χ3v) is 5.47. The first kappa shape index (κ1) is 17.0. The molecular formula is C21H22N4O3. The number of carbonyl (C=O) groups excluding carboxylic acids is 1. The number of nitrogens with zero attached hydrogens (tertiary/aromatic N) is 4. The van der Waals surface area contributed by atoms with Gasteiger partial charge in [0.2, 0.25) is 0 Å². The van der Waals surface area contributed by atoms with Gasteiger partial charge in [0.05, 0.1) is 12.2 Å².